The van der Waals surface area contributed by atoms with E-state index in [0.717, 1.165) is 5.56 Å². The molecule has 0 atom stereocenters. The number of hydrogen-bond acceptors (Lipinski definition) is 3. The van der Waals surface area contributed by atoms with Gasteiger partial charge in [-0.15, -0.1) is 0 Å². The minimum Gasteiger partial charge on any atom is -0.497 e. The van der Waals surface area contributed by atoms with Crippen LogP contribution in [0.25, 0.3) is 0 Å². The number of amides is 1. The van der Waals surface area contributed by atoms with Crippen molar-refractivity contribution in [3.8, 4) is 5.75 Å². The molecule has 0 aliphatic rings. The van der Waals surface area contributed by atoms with Crippen molar-refractivity contribution in [3.05, 3.63) is 93.4 Å². The van der Waals surface area contributed by atoms with E-state index < -0.39 is 5.91 Å². The van der Waals surface area contributed by atoms with E-state index in [2.05, 4.69) is 5.32 Å². The van der Waals surface area contributed by atoms with Crippen molar-refractivity contribution in [2.45, 2.75) is 6.54 Å². The lowest BCUT2D eigenvalue weighted by Crippen LogP contribution is -2.29. The Hall–Kier alpha value is -3.05. The van der Waals surface area contributed by atoms with Gasteiger partial charge in [0, 0.05) is 23.0 Å². The van der Waals surface area contributed by atoms with Crippen LogP contribution in [0.4, 0.5) is 5.69 Å². The summed E-state index contributed by atoms with van der Waals surface area (Å²) in [5.74, 6) is 0.142. The third-order valence-corrected chi connectivity index (χ3v) is 4.26. The first-order valence-electron chi connectivity index (χ1n) is 7.97. The number of methoxy groups -OCH3 is 1. The van der Waals surface area contributed by atoms with Crippen LogP contribution in [-0.2, 0) is 6.54 Å². The molecule has 1 amide bonds. The monoisotopic (exact) mass is 368 g/mol. The van der Waals surface area contributed by atoms with E-state index in [1.165, 1.54) is 10.6 Å². The molecule has 5 nitrogen and oxygen atoms in total. The van der Waals surface area contributed by atoms with Gasteiger partial charge in [0.2, 0.25) is 0 Å². The second kappa shape index (κ2) is 7.89. The second-order valence-electron chi connectivity index (χ2n) is 5.63. The highest BCUT2D eigenvalue weighted by Gasteiger charge is 2.13. The predicted octanol–water partition coefficient (Wildman–Crippen LogP) is 3.81. The van der Waals surface area contributed by atoms with E-state index in [1.807, 2.05) is 18.2 Å². The summed E-state index contributed by atoms with van der Waals surface area (Å²) in [5, 5.41) is 3.29. The number of pyridine rings is 1. The third kappa shape index (κ3) is 3.95. The molecule has 0 bridgehead atoms. The lowest BCUT2D eigenvalue weighted by Gasteiger charge is -2.10. The summed E-state index contributed by atoms with van der Waals surface area (Å²) in [6, 6.07) is 17.4. The van der Waals surface area contributed by atoms with Gasteiger partial charge in [0.15, 0.2) is 0 Å². The van der Waals surface area contributed by atoms with Gasteiger partial charge in [0.1, 0.15) is 11.3 Å². The second-order valence-corrected chi connectivity index (χ2v) is 6.04. The van der Waals surface area contributed by atoms with Gasteiger partial charge in [-0.25, -0.2) is 0 Å². The molecule has 6 heteroatoms. The average Bonchev–Trinajstić information content (AvgIpc) is 2.65. The molecule has 2 aromatic carbocycles. The fourth-order valence-electron chi connectivity index (χ4n) is 2.54. The average molecular weight is 369 g/mol. The molecule has 3 rings (SSSR count). The summed E-state index contributed by atoms with van der Waals surface area (Å²) in [4.78, 5) is 25.2. The first-order valence-corrected chi connectivity index (χ1v) is 8.34. The van der Waals surface area contributed by atoms with Crippen molar-refractivity contribution in [2.75, 3.05) is 12.4 Å². The van der Waals surface area contributed by atoms with Crippen LogP contribution in [0.3, 0.4) is 0 Å². The van der Waals surface area contributed by atoms with Crippen molar-refractivity contribution in [1.82, 2.24) is 4.57 Å². The Kier molecular flexibility index (Phi) is 5.39. The van der Waals surface area contributed by atoms with Crippen LogP contribution < -0.4 is 15.6 Å². The van der Waals surface area contributed by atoms with Gasteiger partial charge in [-0.1, -0.05) is 35.9 Å². The number of halogens is 1. The standard InChI is InChI=1S/C20H17ClN2O3/c1-26-16-8-4-7-15(12-16)22-19(24)17-9-5-11-23(20(17)25)13-14-6-2-3-10-18(14)21/h2-12H,13H2,1H3,(H,22,24). The Balaban J connectivity index is 1.85. The molecular formula is C20H17ClN2O3. The lowest BCUT2D eigenvalue weighted by molar-refractivity contribution is 0.102. The molecule has 1 N–H and O–H groups in total. The highest BCUT2D eigenvalue weighted by molar-refractivity contribution is 6.31. The van der Waals surface area contributed by atoms with Crippen molar-refractivity contribution >= 4 is 23.2 Å². The summed E-state index contributed by atoms with van der Waals surface area (Å²) in [7, 11) is 1.55. The predicted molar refractivity (Wildman–Crippen MR) is 102 cm³/mol. The highest BCUT2D eigenvalue weighted by atomic mass is 35.5. The zero-order valence-corrected chi connectivity index (χ0v) is 14.9. The van der Waals surface area contributed by atoms with Crippen LogP contribution in [-0.4, -0.2) is 17.6 Å². The number of carbonyl (C=O) groups excluding carboxylic acids is 1. The molecule has 0 radical (unpaired) electrons. The van der Waals surface area contributed by atoms with Crippen molar-refractivity contribution < 1.29 is 9.53 Å². The molecule has 26 heavy (non-hydrogen) atoms. The van der Waals surface area contributed by atoms with Crippen LogP contribution in [0.5, 0.6) is 5.75 Å². The maximum Gasteiger partial charge on any atom is 0.263 e. The number of carbonyl (C=O) groups is 1. The molecule has 0 saturated heterocycles. The molecule has 0 spiro atoms. The number of ether oxygens (including phenoxy) is 1. The molecule has 132 valence electrons. The van der Waals surface area contributed by atoms with Gasteiger partial charge >= 0.3 is 0 Å². The molecule has 0 aliphatic heterocycles. The normalized spacial score (nSPS) is 10.4. The molecule has 0 saturated carbocycles. The molecular weight excluding hydrogens is 352 g/mol. The fourth-order valence-corrected chi connectivity index (χ4v) is 2.74. The largest absolute Gasteiger partial charge is 0.497 e. The quantitative estimate of drug-likeness (QED) is 0.745. The number of benzene rings is 2. The summed E-state index contributed by atoms with van der Waals surface area (Å²) >= 11 is 6.16. The van der Waals surface area contributed by atoms with E-state index in [4.69, 9.17) is 16.3 Å². The first kappa shape index (κ1) is 17.8. The number of anilines is 1. The number of nitrogens with zero attached hydrogens (tertiary/aromatic N) is 1. The van der Waals surface area contributed by atoms with E-state index in [9.17, 15) is 9.59 Å². The van der Waals surface area contributed by atoms with Crippen molar-refractivity contribution in [2.24, 2.45) is 0 Å². The summed E-state index contributed by atoms with van der Waals surface area (Å²) in [6.07, 6.45) is 1.63. The van der Waals surface area contributed by atoms with Crippen LogP contribution in [0.2, 0.25) is 5.02 Å². The van der Waals surface area contributed by atoms with Gasteiger partial charge in [-0.3, -0.25) is 9.59 Å². The van der Waals surface area contributed by atoms with E-state index in [0.29, 0.717) is 23.0 Å². The van der Waals surface area contributed by atoms with Crippen molar-refractivity contribution in [3.63, 3.8) is 0 Å². The van der Waals surface area contributed by atoms with Gasteiger partial charge in [-0.2, -0.15) is 0 Å². The molecule has 0 aliphatic carbocycles. The number of hydrogen-bond donors (Lipinski definition) is 1. The number of nitrogens with one attached hydrogen (secondary N) is 1. The van der Waals surface area contributed by atoms with Crippen molar-refractivity contribution in [1.29, 1.82) is 0 Å². The van der Waals surface area contributed by atoms with Gasteiger partial charge in [0.25, 0.3) is 11.5 Å². The summed E-state index contributed by atoms with van der Waals surface area (Å²) in [6.45, 7) is 0.290. The van der Waals surface area contributed by atoms with Crippen LogP contribution in [0, 0.1) is 0 Å². The molecule has 3 aromatic rings. The van der Waals surface area contributed by atoms with E-state index in [-0.39, 0.29) is 11.1 Å². The smallest absolute Gasteiger partial charge is 0.263 e. The summed E-state index contributed by atoms with van der Waals surface area (Å²) in [5.41, 5.74) is 1.03. The molecule has 0 fully saturated rings. The molecule has 1 heterocycles. The maximum absolute atomic E-state index is 12.7. The van der Waals surface area contributed by atoms with Crippen LogP contribution in [0.1, 0.15) is 15.9 Å². The Morgan fingerprint density at radius 1 is 1.12 bits per heavy atom. The Morgan fingerprint density at radius 3 is 2.69 bits per heavy atom. The Bertz CT molecular complexity index is 998. The van der Waals surface area contributed by atoms with Crippen LogP contribution >= 0.6 is 11.6 Å². The maximum atomic E-state index is 12.7. The zero-order valence-electron chi connectivity index (χ0n) is 14.1. The topological polar surface area (TPSA) is 60.3 Å². The van der Waals surface area contributed by atoms with Gasteiger partial charge < -0.3 is 14.6 Å². The van der Waals surface area contributed by atoms with Crippen LogP contribution in [0.15, 0.2) is 71.7 Å². The van der Waals surface area contributed by atoms with Gasteiger partial charge in [-0.05, 0) is 35.9 Å². The zero-order chi connectivity index (χ0) is 18.5. The first-order chi connectivity index (χ1) is 12.6. The Labute approximate surface area is 155 Å². The minimum atomic E-state index is -0.475. The van der Waals surface area contributed by atoms with E-state index >= 15 is 0 Å². The Morgan fingerprint density at radius 2 is 1.92 bits per heavy atom. The highest BCUT2D eigenvalue weighted by Crippen LogP contribution is 2.18. The lowest BCUT2D eigenvalue weighted by atomic mass is 10.2. The van der Waals surface area contributed by atoms with Gasteiger partial charge in [0.05, 0.1) is 13.7 Å². The molecule has 1 aromatic heterocycles. The summed E-state index contributed by atoms with van der Waals surface area (Å²) < 4.78 is 6.59. The fraction of sp³-hybridized carbons (Fsp3) is 0.100. The number of rotatable bonds is 5. The minimum absolute atomic E-state index is 0.0578. The third-order valence-electron chi connectivity index (χ3n) is 3.89. The molecule has 0 unspecified atom stereocenters. The SMILES string of the molecule is COc1cccc(NC(=O)c2cccn(Cc3ccccc3Cl)c2=O)c1. The van der Waals surface area contributed by atoms with E-state index in [1.54, 1.807) is 49.7 Å². The number of aromatic nitrogens is 1.